The summed E-state index contributed by atoms with van der Waals surface area (Å²) < 4.78 is 28.7. The molecule has 1 saturated heterocycles. The lowest BCUT2D eigenvalue weighted by Crippen LogP contribution is -2.45. The minimum atomic E-state index is -0.799. The van der Waals surface area contributed by atoms with Crippen molar-refractivity contribution < 1.29 is 33.3 Å². The van der Waals surface area contributed by atoms with E-state index in [2.05, 4.69) is 0 Å². The minimum absolute atomic E-state index is 0.115. The molecule has 0 amide bonds. The van der Waals surface area contributed by atoms with Crippen LogP contribution in [0.3, 0.4) is 0 Å². The van der Waals surface area contributed by atoms with E-state index in [1.54, 1.807) is 0 Å². The molecule has 0 unspecified atom stereocenters. The third-order valence-corrected chi connectivity index (χ3v) is 4.87. The second-order valence-electron chi connectivity index (χ2n) is 7.34. The van der Waals surface area contributed by atoms with Crippen molar-refractivity contribution in [2.45, 2.75) is 51.5 Å². The lowest BCUT2D eigenvalue weighted by molar-refractivity contribution is -0.171. The van der Waals surface area contributed by atoms with E-state index in [0.29, 0.717) is 13.2 Å². The highest BCUT2D eigenvalue weighted by atomic mass is 16.6. The number of hydrogen-bond donors (Lipinski definition) is 0. The van der Waals surface area contributed by atoms with E-state index in [4.69, 9.17) is 23.7 Å². The summed E-state index contributed by atoms with van der Waals surface area (Å²) >= 11 is 0. The molecule has 7 heteroatoms. The smallest absolute Gasteiger partial charge is 0.303 e. The fourth-order valence-electron chi connectivity index (χ4n) is 3.42. The molecule has 1 fully saturated rings. The first-order chi connectivity index (χ1) is 15.0. The molecule has 0 saturated carbocycles. The number of hydrogen-bond acceptors (Lipinski definition) is 7. The van der Waals surface area contributed by atoms with Gasteiger partial charge in [0.1, 0.15) is 24.9 Å². The molecule has 0 aromatic heterocycles. The molecular formula is C24H28O7. The summed E-state index contributed by atoms with van der Waals surface area (Å²) in [5.74, 6) is -0.954. The topological polar surface area (TPSA) is 80.3 Å². The third-order valence-electron chi connectivity index (χ3n) is 4.87. The summed E-state index contributed by atoms with van der Waals surface area (Å²) in [4.78, 5) is 22.9. The zero-order chi connectivity index (χ0) is 22.1. The number of ether oxygens (including phenoxy) is 5. The van der Waals surface area contributed by atoms with Gasteiger partial charge in [-0.1, -0.05) is 60.7 Å². The fraction of sp³-hybridized carbons (Fsp3) is 0.417. The second kappa shape index (κ2) is 11.6. The van der Waals surface area contributed by atoms with Gasteiger partial charge in [-0.3, -0.25) is 9.59 Å². The van der Waals surface area contributed by atoms with Gasteiger partial charge in [-0.25, -0.2) is 0 Å². The van der Waals surface area contributed by atoms with Crippen LogP contribution in [-0.4, -0.2) is 49.6 Å². The molecule has 0 aliphatic carbocycles. The van der Waals surface area contributed by atoms with Gasteiger partial charge in [0, 0.05) is 13.8 Å². The van der Waals surface area contributed by atoms with Crippen molar-refractivity contribution in [2.24, 2.45) is 0 Å². The molecule has 1 heterocycles. The largest absolute Gasteiger partial charge is 0.462 e. The third kappa shape index (κ3) is 7.17. The first-order valence-electron chi connectivity index (χ1n) is 10.3. The number of rotatable bonds is 10. The summed E-state index contributed by atoms with van der Waals surface area (Å²) in [6.07, 6.45) is -2.31. The monoisotopic (exact) mass is 428 g/mol. The highest BCUT2D eigenvalue weighted by molar-refractivity contribution is 5.67. The minimum Gasteiger partial charge on any atom is -0.462 e. The lowest BCUT2D eigenvalue weighted by atomic mass is 10.1. The Kier molecular flexibility index (Phi) is 8.58. The van der Waals surface area contributed by atoms with Gasteiger partial charge in [-0.05, 0) is 11.1 Å². The number of carbonyl (C=O) groups excluding carboxylic acids is 2. The quantitative estimate of drug-likeness (QED) is 0.538. The number of benzene rings is 2. The maximum atomic E-state index is 11.6. The Balaban J connectivity index is 1.72. The van der Waals surface area contributed by atoms with Crippen LogP contribution >= 0.6 is 0 Å². The Morgan fingerprint density at radius 3 is 2.03 bits per heavy atom. The molecule has 31 heavy (non-hydrogen) atoms. The van der Waals surface area contributed by atoms with E-state index < -0.39 is 30.3 Å². The van der Waals surface area contributed by atoms with Crippen molar-refractivity contribution in [1.82, 2.24) is 0 Å². The summed E-state index contributed by atoms with van der Waals surface area (Å²) in [6.45, 7) is 3.51. The fourth-order valence-corrected chi connectivity index (χ4v) is 3.42. The van der Waals surface area contributed by atoms with E-state index >= 15 is 0 Å². The normalized spacial score (nSPS) is 21.4. The van der Waals surface area contributed by atoms with Crippen LogP contribution in [0.4, 0.5) is 0 Å². The average Bonchev–Trinajstić information content (AvgIpc) is 3.17. The Morgan fingerprint density at radius 2 is 1.48 bits per heavy atom. The van der Waals surface area contributed by atoms with Crippen LogP contribution in [-0.2, 0) is 46.5 Å². The van der Waals surface area contributed by atoms with Gasteiger partial charge in [0.15, 0.2) is 6.10 Å². The Morgan fingerprint density at radius 1 is 0.903 bits per heavy atom. The lowest BCUT2D eigenvalue weighted by Gasteiger charge is -2.28. The summed E-state index contributed by atoms with van der Waals surface area (Å²) in [5.41, 5.74) is 2.03. The molecule has 2 aromatic rings. The van der Waals surface area contributed by atoms with Crippen molar-refractivity contribution >= 4 is 11.9 Å². The predicted molar refractivity (Wildman–Crippen MR) is 112 cm³/mol. The molecule has 0 radical (unpaired) electrons. The van der Waals surface area contributed by atoms with E-state index in [9.17, 15) is 9.59 Å². The molecule has 7 nitrogen and oxygen atoms in total. The highest BCUT2D eigenvalue weighted by Gasteiger charge is 2.45. The molecule has 3 rings (SSSR count). The van der Waals surface area contributed by atoms with Crippen LogP contribution in [0.5, 0.6) is 0 Å². The van der Waals surface area contributed by atoms with Gasteiger partial charge in [-0.15, -0.1) is 0 Å². The van der Waals surface area contributed by atoms with Gasteiger partial charge in [0.05, 0.1) is 19.8 Å². The maximum absolute atomic E-state index is 11.6. The molecule has 2 aromatic carbocycles. The Hall–Kier alpha value is -2.74. The molecular weight excluding hydrogens is 400 g/mol. The number of esters is 2. The average molecular weight is 428 g/mol. The molecule has 0 N–H and O–H groups in total. The van der Waals surface area contributed by atoms with Crippen LogP contribution in [0.1, 0.15) is 25.0 Å². The van der Waals surface area contributed by atoms with Gasteiger partial charge >= 0.3 is 11.9 Å². The van der Waals surface area contributed by atoms with E-state index in [1.807, 2.05) is 60.7 Å². The molecule has 0 bridgehead atoms. The second-order valence-corrected chi connectivity index (χ2v) is 7.34. The molecule has 1 aliphatic rings. The van der Waals surface area contributed by atoms with Gasteiger partial charge in [0.2, 0.25) is 0 Å². The summed E-state index contributed by atoms with van der Waals surface area (Å²) in [5, 5.41) is 0. The highest BCUT2D eigenvalue weighted by Crippen LogP contribution is 2.27. The van der Waals surface area contributed by atoms with E-state index in [-0.39, 0.29) is 19.3 Å². The van der Waals surface area contributed by atoms with Crippen molar-refractivity contribution in [1.29, 1.82) is 0 Å². The first kappa shape index (κ1) is 22.9. The van der Waals surface area contributed by atoms with Gasteiger partial charge in [0.25, 0.3) is 0 Å². The summed E-state index contributed by atoms with van der Waals surface area (Å²) in [7, 11) is 0. The zero-order valence-electron chi connectivity index (χ0n) is 17.8. The number of carbonyl (C=O) groups is 2. The van der Waals surface area contributed by atoms with Gasteiger partial charge < -0.3 is 23.7 Å². The Labute approximate surface area is 182 Å². The SMILES string of the molecule is CC(=O)OC[C@H](OC(C)=O)[C@H]1OC[C@@H](OCc2ccccc2)[C@@H]1OCc1ccccc1. The molecule has 166 valence electrons. The van der Waals surface area contributed by atoms with Crippen LogP contribution in [0.25, 0.3) is 0 Å². The molecule has 0 spiro atoms. The van der Waals surface area contributed by atoms with Crippen molar-refractivity contribution in [2.75, 3.05) is 13.2 Å². The van der Waals surface area contributed by atoms with Crippen molar-refractivity contribution in [3.8, 4) is 0 Å². The zero-order valence-corrected chi connectivity index (χ0v) is 17.8. The predicted octanol–water partition coefficient (Wildman–Crippen LogP) is 3.05. The van der Waals surface area contributed by atoms with Crippen molar-refractivity contribution in [3.05, 3.63) is 71.8 Å². The van der Waals surface area contributed by atoms with Crippen LogP contribution in [0.2, 0.25) is 0 Å². The van der Waals surface area contributed by atoms with Crippen LogP contribution in [0, 0.1) is 0 Å². The van der Waals surface area contributed by atoms with E-state index in [0.717, 1.165) is 11.1 Å². The standard InChI is InChI=1S/C24H28O7/c1-17(25)27-16-22(31-18(2)26)24-23(29-14-20-11-7-4-8-12-20)21(15-30-24)28-13-19-9-5-3-6-10-19/h3-12,21-24H,13-16H2,1-2H3/t21-,22+,23+,24-/m1/s1. The van der Waals surface area contributed by atoms with E-state index in [1.165, 1.54) is 13.8 Å². The maximum Gasteiger partial charge on any atom is 0.303 e. The van der Waals surface area contributed by atoms with Crippen LogP contribution in [0.15, 0.2) is 60.7 Å². The van der Waals surface area contributed by atoms with Crippen LogP contribution < -0.4 is 0 Å². The molecule has 4 atom stereocenters. The first-order valence-corrected chi connectivity index (χ1v) is 10.3. The van der Waals surface area contributed by atoms with Crippen molar-refractivity contribution in [3.63, 3.8) is 0 Å². The molecule has 1 aliphatic heterocycles. The van der Waals surface area contributed by atoms with Gasteiger partial charge in [-0.2, -0.15) is 0 Å². The Bertz CT molecular complexity index is 824. The summed E-state index contributed by atoms with van der Waals surface area (Å²) in [6, 6.07) is 19.6.